The Kier molecular flexibility index (Phi) is 2.10. The number of carbonyl (C=O) groups excluding carboxylic acids is 1. The summed E-state index contributed by atoms with van der Waals surface area (Å²) in [5, 5.41) is 7.20. The maximum Gasteiger partial charge on any atom is 0.358 e. The average molecular weight is 234 g/mol. The molecule has 0 bridgehead atoms. The second-order valence-corrected chi connectivity index (χ2v) is 3.54. The van der Waals surface area contributed by atoms with E-state index in [9.17, 15) is 4.79 Å². The number of nitrogens with zero attached hydrogens (tertiary/aromatic N) is 3. The summed E-state index contributed by atoms with van der Waals surface area (Å²) in [7, 11) is 1.32. The predicted molar refractivity (Wildman–Crippen MR) is 58.3 cm³/mol. The molecule has 0 spiro atoms. The van der Waals surface area contributed by atoms with Crippen molar-refractivity contribution < 1.29 is 14.3 Å². The number of carbonyl (C=O) groups is 1. The van der Waals surface area contributed by atoms with Crippen molar-refractivity contribution in [2.24, 2.45) is 0 Å². The smallest absolute Gasteiger partial charge is 0.358 e. The van der Waals surface area contributed by atoms with Crippen molar-refractivity contribution in [3.63, 3.8) is 0 Å². The van der Waals surface area contributed by atoms with Crippen LogP contribution in [0.15, 0.2) is 12.4 Å². The number of nitrogens with one attached hydrogen (secondary N) is 1. The maximum atomic E-state index is 11.5. The topological polar surface area (TPSA) is 77.8 Å². The standard InChI is InChI=1S/C10H10N4O3/c1-16-10(15)6-5-14-8-7(4-12-14)17-3-2-11-9(8)13-6/h4-5H,2-3H2,1H3,(H,11,13). The molecule has 0 aromatic carbocycles. The summed E-state index contributed by atoms with van der Waals surface area (Å²) in [5.41, 5.74) is 0.939. The highest BCUT2D eigenvalue weighted by Gasteiger charge is 2.19. The van der Waals surface area contributed by atoms with E-state index >= 15 is 0 Å². The largest absolute Gasteiger partial charge is 0.488 e. The molecule has 3 rings (SSSR count). The molecule has 2 aromatic rings. The minimum Gasteiger partial charge on any atom is -0.488 e. The van der Waals surface area contributed by atoms with Crippen LogP contribution in [0.4, 0.5) is 5.82 Å². The number of methoxy groups -OCH3 is 1. The number of ether oxygens (including phenoxy) is 2. The van der Waals surface area contributed by atoms with Gasteiger partial charge in [-0.3, -0.25) is 0 Å². The van der Waals surface area contributed by atoms with Crippen LogP contribution < -0.4 is 10.1 Å². The van der Waals surface area contributed by atoms with E-state index in [2.05, 4.69) is 20.1 Å². The normalized spacial score (nSPS) is 13.7. The number of anilines is 1. The summed E-state index contributed by atoms with van der Waals surface area (Å²) in [4.78, 5) is 15.7. The fourth-order valence-corrected chi connectivity index (χ4v) is 1.75. The Morgan fingerprint density at radius 1 is 1.65 bits per heavy atom. The average Bonchev–Trinajstić information content (AvgIpc) is 2.64. The van der Waals surface area contributed by atoms with Gasteiger partial charge in [-0.2, -0.15) is 5.10 Å². The van der Waals surface area contributed by atoms with E-state index in [1.165, 1.54) is 13.3 Å². The Labute approximate surface area is 96.3 Å². The molecule has 0 aliphatic carbocycles. The Morgan fingerprint density at radius 3 is 3.35 bits per heavy atom. The summed E-state index contributed by atoms with van der Waals surface area (Å²) < 4.78 is 11.7. The van der Waals surface area contributed by atoms with Crippen LogP contribution in [0.2, 0.25) is 0 Å². The minimum absolute atomic E-state index is 0.207. The van der Waals surface area contributed by atoms with Crippen molar-refractivity contribution in [3.05, 3.63) is 18.1 Å². The van der Waals surface area contributed by atoms with Crippen LogP contribution in [0.25, 0.3) is 5.52 Å². The van der Waals surface area contributed by atoms with Crippen LogP contribution >= 0.6 is 0 Å². The van der Waals surface area contributed by atoms with Gasteiger partial charge in [0.1, 0.15) is 6.61 Å². The Hall–Kier alpha value is -2.31. The third-order valence-electron chi connectivity index (χ3n) is 2.51. The van der Waals surface area contributed by atoms with Crippen LogP contribution in [0.5, 0.6) is 5.75 Å². The molecule has 0 saturated heterocycles. The highest BCUT2D eigenvalue weighted by atomic mass is 16.5. The molecule has 17 heavy (non-hydrogen) atoms. The van der Waals surface area contributed by atoms with Crippen molar-refractivity contribution in [3.8, 4) is 5.75 Å². The number of hydrogen-bond donors (Lipinski definition) is 1. The van der Waals surface area contributed by atoms with Crippen molar-refractivity contribution in [1.82, 2.24) is 14.6 Å². The summed E-state index contributed by atoms with van der Waals surface area (Å²) in [6.45, 7) is 1.16. The molecule has 0 amide bonds. The van der Waals surface area contributed by atoms with Gasteiger partial charge in [-0.15, -0.1) is 0 Å². The molecule has 0 atom stereocenters. The number of aromatic nitrogens is 3. The monoisotopic (exact) mass is 234 g/mol. The van der Waals surface area contributed by atoms with Gasteiger partial charge in [-0.25, -0.2) is 14.3 Å². The Balaban J connectivity index is 2.24. The molecule has 0 unspecified atom stereocenters. The summed E-state index contributed by atoms with van der Waals surface area (Å²) in [6.07, 6.45) is 3.12. The number of hydrogen-bond acceptors (Lipinski definition) is 6. The predicted octanol–water partition coefficient (Wildman–Crippen LogP) is 0.320. The molecule has 0 radical (unpaired) electrons. The second-order valence-electron chi connectivity index (χ2n) is 3.54. The number of rotatable bonds is 1. The third-order valence-corrected chi connectivity index (χ3v) is 2.51. The first kappa shape index (κ1) is 9.88. The van der Waals surface area contributed by atoms with Gasteiger partial charge in [-0.1, -0.05) is 0 Å². The summed E-state index contributed by atoms with van der Waals surface area (Å²) >= 11 is 0. The molecular weight excluding hydrogens is 224 g/mol. The zero-order valence-electron chi connectivity index (χ0n) is 9.14. The van der Waals surface area contributed by atoms with E-state index < -0.39 is 5.97 Å². The summed E-state index contributed by atoms with van der Waals surface area (Å²) in [5.74, 6) is 0.749. The second kappa shape index (κ2) is 3.62. The van der Waals surface area contributed by atoms with Gasteiger partial charge in [0.25, 0.3) is 0 Å². The molecule has 7 nitrogen and oxygen atoms in total. The first-order valence-corrected chi connectivity index (χ1v) is 5.13. The highest BCUT2D eigenvalue weighted by Crippen LogP contribution is 2.27. The van der Waals surface area contributed by atoms with Crippen LogP contribution in [-0.4, -0.2) is 40.8 Å². The SMILES string of the molecule is COC(=O)c1cn2ncc3c2c(n1)NCCO3. The van der Waals surface area contributed by atoms with Gasteiger partial charge in [0.15, 0.2) is 22.8 Å². The Bertz CT molecular complexity index is 592. The maximum absolute atomic E-state index is 11.5. The van der Waals surface area contributed by atoms with E-state index in [0.29, 0.717) is 24.7 Å². The van der Waals surface area contributed by atoms with Crippen LogP contribution in [0, 0.1) is 0 Å². The lowest BCUT2D eigenvalue weighted by Crippen LogP contribution is -2.12. The minimum atomic E-state index is -0.493. The number of esters is 1. The molecule has 1 aliphatic heterocycles. The fourth-order valence-electron chi connectivity index (χ4n) is 1.75. The lowest BCUT2D eigenvalue weighted by molar-refractivity contribution is 0.0593. The van der Waals surface area contributed by atoms with E-state index in [4.69, 9.17) is 4.74 Å². The van der Waals surface area contributed by atoms with Crippen molar-refractivity contribution in [2.75, 3.05) is 25.6 Å². The first-order chi connectivity index (χ1) is 8.29. The third kappa shape index (κ3) is 1.47. The van der Waals surface area contributed by atoms with Gasteiger partial charge in [0.05, 0.1) is 26.0 Å². The van der Waals surface area contributed by atoms with Crippen LogP contribution in [0.1, 0.15) is 10.5 Å². The molecule has 7 heteroatoms. The fraction of sp³-hybridized carbons (Fsp3) is 0.300. The lowest BCUT2D eigenvalue weighted by Gasteiger charge is -2.05. The van der Waals surface area contributed by atoms with E-state index in [1.54, 1.807) is 10.7 Å². The summed E-state index contributed by atoms with van der Waals surface area (Å²) in [6, 6.07) is 0. The van der Waals surface area contributed by atoms with Gasteiger partial charge in [0.2, 0.25) is 0 Å². The Morgan fingerprint density at radius 2 is 2.53 bits per heavy atom. The van der Waals surface area contributed by atoms with Crippen molar-refractivity contribution in [1.29, 1.82) is 0 Å². The van der Waals surface area contributed by atoms with Gasteiger partial charge in [-0.05, 0) is 0 Å². The zero-order chi connectivity index (χ0) is 11.8. The van der Waals surface area contributed by atoms with E-state index in [-0.39, 0.29) is 5.69 Å². The molecular formula is C10H10N4O3. The highest BCUT2D eigenvalue weighted by molar-refractivity contribution is 5.89. The first-order valence-electron chi connectivity index (χ1n) is 5.13. The van der Waals surface area contributed by atoms with Crippen molar-refractivity contribution in [2.45, 2.75) is 0 Å². The van der Waals surface area contributed by atoms with E-state index in [0.717, 1.165) is 5.52 Å². The lowest BCUT2D eigenvalue weighted by atomic mass is 10.4. The molecule has 1 aliphatic rings. The molecule has 2 aromatic heterocycles. The molecule has 0 fully saturated rings. The van der Waals surface area contributed by atoms with Gasteiger partial charge >= 0.3 is 5.97 Å². The quantitative estimate of drug-likeness (QED) is 0.716. The van der Waals surface area contributed by atoms with Gasteiger partial charge in [0, 0.05) is 0 Å². The molecule has 88 valence electrons. The molecule has 3 heterocycles. The zero-order valence-corrected chi connectivity index (χ0v) is 9.14. The molecule has 0 saturated carbocycles. The van der Waals surface area contributed by atoms with E-state index in [1.807, 2.05) is 0 Å². The molecule has 1 N–H and O–H groups in total. The van der Waals surface area contributed by atoms with Crippen LogP contribution in [-0.2, 0) is 4.74 Å². The van der Waals surface area contributed by atoms with Crippen molar-refractivity contribution >= 4 is 17.3 Å². The van der Waals surface area contributed by atoms with Crippen LogP contribution in [0.3, 0.4) is 0 Å². The van der Waals surface area contributed by atoms with Gasteiger partial charge < -0.3 is 14.8 Å².